The Kier molecular flexibility index (Phi) is 5.46. The molecule has 0 aliphatic carbocycles. The van der Waals surface area contributed by atoms with E-state index in [1.807, 2.05) is 36.1 Å². The maximum atomic E-state index is 13.3. The van der Waals surface area contributed by atoms with Gasteiger partial charge in [0.25, 0.3) is 5.91 Å². The van der Waals surface area contributed by atoms with E-state index in [0.717, 1.165) is 18.4 Å². The molecular weight excluding hydrogens is 340 g/mol. The van der Waals surface area contributed by atoms with Gasteiger partial charge in [0, 0.05) is 44.0 Å². The minimum atomic E-state index is -3.23. The molecule has 0 N–H and O–H groups in total. The third-order valence-corrected chi connectivity index (χ3v) is 6.34. The Hall–Kier alpha value is -1.44. The summed E-state index contributed by atoms with van der Waals surface area (Å²) < 4.78 is 30.7. The number of carbonyl (C=O) groups is 1. The predicted octanol–water partition coefficient (Wildman–Crippen LogP) is 1.65. The van der Waals surface area contributed by atoms with Crippen molar-refractivity contribution in [1.82, 2.24) is 9.21 Å². The van der Waals surface area contributed by atoms with E-state index in [1.165, 1.54) is 10.6 Å². The average Bonchev–Trinajstić information content (AvgIpc) is 3.06. The van der Waals surface area contributed by atoms with Gasteiger partial charge >= 0.3 is 0 Å². The molecule has 2 saturated heterocycles. The summed E-state index contributed by atoms with van der Waals surface area (Å²) in [5.74, 6) is -0.00375. The Morgan fingerprint density at radius 2 is 1.92 bits per heavy atom. The molecule has 7 heteroatoms. The third kappa shape index (κ3) is 4.22. The second-order valence-electron chi connectivity index (χ2n) is 6.99. The summed E-state index contributed by atoms with van der Waals surface area (Å²) in [6.45, 7) is 4.12. The maximum absolute atomic E-state index is 13.3. The highest BCUT2D eigenvalue weighted by molar-refractivity contribution is 7.88. The zero-order chi connectivity index (χ0) is 18.0. The summed E-state index contributed by atoms with van der Waals surface area (Å²) in [5.41, 5.74) is 1.71. The number of amides is 1. The lowest BCUT2D eigenvalue weighted by Crippen LogP contribution is -2.50. The van der Waals surface area contributed by atoms with Crippen molar-refractivity contribution in [2.75, 3.05) is 32.6 Å². The van der Waals surface area contributed by atoms with Crippen LogP contribution in [0.1, 0.15) is 35.2 Å². The van der Waals surface area contributed by atoms with E-state index < -0.39 is 10.0 Å². The van der Waals surface area contributed by atoms with Gasteiger partial charge < -0.3 is 9.64 Å². The molecule has 25 heavy (non-hydrogen) atoms. The summed E-state index contributed by atoms with van der Waals surface area (Å²) >= 11 is 0. The van der Waals surface area contributed by atoms with Crippen LogP contribution < -0.4 is 0 Å². The highest BCUT2D eigenvalue weighted by Gasteiger charge is 2.38. The molecule has 0 aromatic heterocycles. The van der Waals surface area contributed by atoms with Crippen molar-refractivity contribution in [2.24, 2.45) is 0 Å². The van der Waals surface area contributed by atoms with Crippen LogP contribution in [0.15, 0.2) is 24.3 Å². The summed E-state index contributed by atoms with van der Waals surface area (Å²) in [5, 5.41) is 0. The number of ether oxygens (including phenoxy) is 1. The monoisotopic (exact) mass is 366 g/mol. The molecule has 6 nitrogen and oxygen atoms in total. The number of nitrogens with zero attached hydrogens (tertiary/aromatic N) is 2. The minimum absolute atomic E-state index is 0.00375. The van der Waals surface area contributed by atoms with Gasteiger partial charge in [-0.2, -0.15) is 0 Å². The van der Waals surface area contributed by atoms with Crippen LogP contribution in [0.3, 0.4) is 0 Å². The molecule has 2 fully saturated rings. The van der Waals surface area contributed by atoms with E-state index in [9.17, 15) is 13.2 Å². The topological polar surface area (TPSA) is 66.9 Å². The number of sulfonamides is 1. The molecule has 1 aromatic rings. The van der Waals surface area contributed by atoms with Crippen LogP contribution in [0.4, 0.5) is 0 Å². The molecule has 138 valence electrons. The van der Waals surface area contributed by atoms with Gasteiger partial charge in [0.2, 0.25) is 10.0 Å². The van der Waals surface area contributed by atoms with Gasteiger partial charge in [-0.05, 0) is 38.3 Å². The van der Waals surface area contributed by atoms with E-state index >= 15 is 0 Å². The van der Waals surface area contributed by atoms with Crippen LogP contribution in [-0.4, -0.2) is 68.2 Å². The van der Waals surface area contributed by atoms with Crippen molar-refractivity contribution in [1.29, 1.82) is 0 Å². The van der Waals surface area contributed by atoms with Gasteiger partial charge in [0.05, 0.1) is 6.26 Å². The number of hydrogen-bond donors (Lipinski definition) is 0. The Bertz CT molecular complexity index is 728. The zero-order valence-corrected chi connectivity index (χ0v) is 15.7. The molecule has 0 saturated carbocycles. The van der Waals surface area contributed by atoms with E-state index in [4.69, 9.17) is 4.74 Å². The van der Waals surface area contributed by atoms with Crippen LogP contribution in [0, 0.1) is 6.92 Å². The first kappa shape index (κ1) is 18.4. The van der Waals surface area contributed by atoms with Crippen molar-refractivity contribution >= 4 is 15.9 Å². The fraction of sp³-hybridized carbons (Fsp3) is 0.611. The molecule has 1 amide bonds. The minimum Gasteiger partial charge on any atom is -0.381 e. The Balaban J connectivity index is 1.86. The Labute approximate surface area is 149 Å². The molecule has 3 rings (SSSR count). The third-order valence-electron chi connectivity index (χ3n) is 5.07. The van der Waals surface area contributed by atoms with Crippen LogP contribution in [-0.2, 0) is 14.8 Å². The lowest BCUT2D eigenvalue weighted by molar-refractivity contribution is 0.0179. The highest BCUT2D eigenvalue weighted by Crippen LogP contribution is 2.26. The number of aryl methyl sites for hydroxylation is 1. The standard InChI is InChI=1S/C18H26N2O4S/c1-14-4-3-5-15(12-14)18(21)20(16-7-10-24-11-8-16)17-6-9-19(13-17)25(2,22)23/h3-5,12,16-17H,6-11,13H2,1-2H3. The van der Waals surface area contributed by atoms with Crippen LogP contribution >= 0.6 is 0 Å². The maximum Gasteiger partial charge on any atom is 0.254 e. The largest absolute Gasteiger partial charge is 0.381 e. The second-order valence-corrected chi connectivity index (χ2v) is 8.97. The summed E-state index contributed by atoms with van der Waals surface area (Å²) in [7, 11) is -3.23. The number of hydrogen-bond acceptors (Lipinski definition) is 4. The van der Waals surface area contributed by atoms with Gasteiger partial charge in [-0.15, -0.1) is 0 Å². The summed E-state index contributed by atoms with van der Waals surface area (Å²) in [6.07, 6.45) is 3.51. The van der Waals surface area contributed by atoms with E-state index in [0.29, 0.717) is 38.3 Å². The summed E-state index contributed by atoms with van der Waals surface area (Å²) in [6, 6.07) is 7.62. The first-order chi connectivity index (χ1) is 11.9. The van der Waals surface area contributed by atoms with E-state index in [2.05, 4.69) is 0 Å². The van der Waals surface area contributed by atoms with Crippen molar-refractivity contribution in [3.05, 3.63) is 35.4 Å². The lowest BCUT2D eigenvalue weighted by atomic mass is 10.0. The van der Waals surface area contributed by atoms with Crippen molar-refractivity contribution in [3.8, 4) is 0 Å². The van der Waals surface area contributed by atoms with Crippen molar-refractivity contribution in [2.45, 2.75) is 38.3 Å². The summed E-state index contributed by atoms with van der Waals surface area (Å²) in [4.78, 5) is 15.2. The molecule has 2 aliphatic rings. The van der Waals surface area contributed by atoms with Gasteiger partial charge in [0.1, 0.15) is 0 Å². The van der Waals surface area contributed by atoms with Crippen molar-refractivity contribution in [3.63, 3.8) is 0 Å². The zero-order valence-electron chi connectivity index (χ0n) is 14.8. The SMILES string of the molecule is Cc1cccc(C(=O)N(C2CCOCC2)C2CCN(S(C)(=O)=O)C2)c1. The quantitative estimate of drug-likeness (QED) is 0.813. The highest BCUT2D eigenvalue weighted by atomic mass is 32.2. The van der Waals surface area contributed by atoms with E-state index in [1.54, 1.807) is 0 Å². The number of carbonyl (C=O) groups excluding carboxylic acids is 1. The fourth-order valence-electron chi connectivity index (χ4n) is 3.76. The first-order valence-corrected chi connectivity index (χ1v) is 10.6. The van der Waals surface area contributed by atoms with Crippen molar-refractivity contribution < 1.29 is 17.9 Å². The van der Waals surface area contributed by atoms with Gasteiger partial charge in [-0.25, -0.2) is 12.7 Å². The number of rotatable bonds is 4. The van der Waals surface area contributed by atoms with Crippen LogP contribution in [0.25, 0.3) is 0 Å². The fourth-order valence-corrected chi connectivity index (χ4v) is 4.64. The molecule has 1 unspecified atom stereocenters. The molecule has 2 aliphatic heterocycles. The smallest absolute Gasteiger partial charge is 0.254 e. The van der Waals surface area contributed by atoms with Crippen LogP contribution in [0.2, 0.25) is 0 Å². The van der Waals surface area contributed by atoms with Gasteiger partial charge in [-0.1, -0.05) is 17.7 Å². The number of benzene rings is 1. The predicted molar refractivity (Wildman–Crippen MR) is 96.0 cm³/mol. The normalized spacial score (nSPS) is 22.9. The molecule has 1 atom stereocenters. The lowest BCUT2D eigenvalue weighted by Gasteiger charge is -2.38. The molecular formula is C18H26N2O4S. The van der Waals surface area contributed by atoms with Gasteiger partial charge in [0.15, 0.2) is 0 Å². The molecule has 2 heterocycles. The Morgan fingerprint density at radius 1 is 1.20 bits per heavy atom. The first-order valence-electron chi connectivity index (χ1n) is 8.78. The molecule has 0 bridgehead atoms. The molecule has 0 spiro atoms. The Morgan fingerprint density at radius 3 is 2.52 bits per heavy atom. The van der Waals surface area contributed by atoms with E-state index in [-0.39, 0.29) is 18.0 Å². The molecule has 0 radical (unpaired) electrons. The molecule has 1 aromatic carbocycles. The second kappa shape index (κ2) is 7.43. The van der Waals surface area contributed by atoms with Crippen LogP contribution in [0.5, 0.6) is 0 Å². The average molecular weight is 366 g/mol. The van der Waals surface area contributed by atoms with Gasteiger partial charge in [-0.3, -0.25) is 4.79 Å².